The van der Waals surface area contributed by atoms with Gasteiger partial charge in [-0.3, -0.25) is 4.79 Å². The number of amides is 1. The molecule has 0 aliphatic rings. The predicted octanol–water partition coefficient (Wildman–Crippen LogP) is 1.80. The first-order valence-electron chi connectivity index (χ1n) is 8.42. The third kappa shape index (κ3) is 7.97. The molecule has 1 aromatic carbocycles. The van der Waals surface area contributed by atoms with Crippen LogP contribution in [0.5, 0.6) is 0 Å². The second-order valence-electron chi connectivity index (χ2n) is 5.71. The van der Waals surface area contributed by atoms with Gasteiger partial charge >= 0.3 is 0 Å². The van der Waals surface area contributed by atoms with Crippen molar-refractivity contribution in [2.75, 3.05) is 40.4 Å². The lowest BCUT2D eigenvalue weighted by molar-refractivity contribution is -0.127. The maximum absolute atomic E-state index is 11.8. The second kappa shape index (κ2) is 11.5. The fourth-order valence-corrected chi connectivity index (χ4v) is 2.00. The molecule has 1 amide bonds. The van der Waals surface area contributed by atoms with Crippen molar-refractivity contribution in [2.45, 2.75) is 26.3 Å². The predicted molar refractivity (Wildman–Crippen MR) is 98.1 cm³/mol. The number of guanidine groups is 1. The summed E-state index contributed by atoms with van der Waals surface area (Å²) >= 11 is 0. The molecule has 1 unspecified atom stereocenters. The van der Waals surface area contributed by atoms with Gasteiger partial charge in [0.15, 0.2) is 5.96 Å². The average molecular weight is 334 g/mol. The van der Waals surface area contributed by atoms with Crippen LogP contribution in [-0.4, -0.2) is 57.2 Å². The third-order valence-electron chi connectivity index (χ3n) is 3.49. The quantitative estimate of drug-likeness (QED) is 0.411. The van der Waals surface area contributed by atoms with E-state index in [0.717, 1.165) is 19.6 Å². The molecular weight excluding hydrogens is 304 g/mol. The van der Waals surface area contributed by atoms with Gasteiger partial charge < -0.3 is 20.3 Å². The number of likely N-dealkylation sites (N-methyl/N-ethyl adjacent to an activating group) is 1. The van der Waals surface area contributed by atoms with Crippen molar-refractivity contribution in [3.8, 4) is 0 Å². The largest absolute Gasteiger partial charge is 0.382 e. The molecule has 0 fully saturated rings. The van der Waals surface area contributed by atoms with Gasteiger partial charge in [0.25, 0.3) is 0 Å². The molecule has 1 rings (SSSR count). The highest BCUT2D eigenvalue weighted by Crippen LogP contribution is 2.10. The monoisotopic (exact) mass is 334 g/mol. The van der Waals surface area contributed by atoms with Gasteiger partial charge in [0.05, 0.1) is 6.04 Å². The molecule has 1 aromatic rings. The minimum atomic E-state index is -0.0298. The van der Waals surface area contributed by atoms with E-state index in [9.17, 15) is 4.79 Å². The lowest BCUT2D eigenvalue weighted by atomic mass is 10.1. The maximum Gasteiger partial charge on any atom is 0.243 e. The molecule has 24 heavy (non-hydrogen) atoms. The maximum atomic E-state index is 11.8. The van der Waals surface area contributed by atoms with Crippen molar-refractivity contribution in [1.82, 2.24) is 15.5 Å². The summed E-state index contributed by atoms with van der Waals surface area (Å²) in [6.07, 6.45) is 0.885. The molecule has 0 aromatic heterocycles. The van der Waals surface area contributed by atoms with Crippen molar-refractivity contribution in [1.29, 1.82) is 0 Å². The first-order valence-corrected chi connectivity index (χ1v) is 8.42. The van der Waals surface area contributed by atoms with Gasteiger partial charge in [0, 0.05) is 33.9 Å². The Morgan fingerprint density at radius 1 is 1.29 bits per heavy atom. The average Bonchev–Trinajstić information content (AvgIpc) is 2.59. The van der Waals surface area contributed by atoms with E-state index in [-0.39, 0.29) is 18.5 Å². The number of aliphatic imine (C=N–C) groups is 1. The smallest absolute Gasteiger partial charge is 0.243 e. The molecule has 0 aliphatic carbocycles. The SMILES string of the molecule is CCOCCCNC(=NCC(=O)N(C)C)NC(C)c1ccccc1. The summed E-state index contributed by atoms with van der Waals surface area (Å²) in [7, 11) is 3.46. The van der Waals surface area contributed by atoms with Gasteiger partial charge in [-0.15, -0.1) is 0 Å². The van der Waals surface area contributed by atoms with Crippen molar-refractivity contribution < 1.29 is 9.53 Å². The number of nitrogens with one attached hydrogen (secondary N) is 2. The molecule has 6 heteroatoms. The third-order valence-corrected chi connectivity index (χ3v) is 3.49. The van der Waals surface area contributed by atoms with E-state index in [4.69, 9.17) is 4.74 Å². The first kappa shape index (κ1) is 20.0. The van der Waals surface area contributed by atoms with Crippen LogP contribution in [0.15, 0.2) is 35.3 Å². The van der Waals surface area contributed by atoms with Gasteiger partial charge in [-0.2, -0.15) is 0 Å². The van der Waals surface area contributed by atoms with Gasteiger partial charge in [0.1, 0.15) is 6.54 Å². The molecule has 0 bridgehead atoms. The van der Waals surface area contributed by atoms with Crippen molar-refractivity contribution in [3.05, 3.63) is 35.9 Å². The van der Waals surface area contributed by atoms with Crippen LogP contribution in [0.3, 0.4) is 0 Å². The summed E-state index contributed by atoms with van der Waals surface area (Å²) in [4.78, 5) is 17.7. The zero-order valence-electron chi connectivity index (χ0n) is 15.2. The fraction of sp³-hybridized carbons (Fsp3) is 0.556. The highest BCUT2D eigenvalue weighted by atomic mass is 16.5. The molecule has 134 valence electrons. The van der Waals surface area contributed by atoms with E-state index in [1.165, 1.54) is 10.5 Å². The lowest BCUT2D eigenvalue weighted by Crippen LogP contribution is -2.40. The molecular formula is C18H30N4O2. The second-order valence-corrected chi connectivity index (χ2v) is 5.71. The van der Waals surface area contributed by atoms with Crippen LogP contribution in [0.25, 0.3) is 0 Å². The molecule has 2 N–H and O–H groups in total. The zero-order chi connectivity index (χ0) is 17.8. The Bertz CT molecular complexity index is 503. The number of rotatable bonds is 9. The highest BCUT2D eigenvalue weighted by Gasteiger charge is 2.09. The summed E-state index contributed by atoms with van der Waals surface area (Å²) < 4.78 is 5.33. The van der Waals surface area contributed by atoms with E-state index in [1.807, 2.05) is 25.1 Å². The number of ether oxygens (including phenoxy) is 1. The van der Waals surface area contributed by atoms with Crippen LogP contribution in [0.1, 0.15) is 31.9 Å². The Morgan fingerprint density at radius 2 is 2.00 bits per heavy atom. The summed E-state index contributed by atoms with van der Waals surface area (Å²) in [5.41, 5.74) is 1.17. The number of carbonyl (C=O) groups excluding carboxylic acids is 1. The number of benzene rings is 1. The molecule has 0 radical (unpaired) electrons. The number of nitrogens with zero attached hydrogens (tertiary/aromatic N) is 2. The Kier molecular flexibility index (Phi) is 9.53. The zero-order valence-corrected chi connectivity index (χ0v) is 15.2. The number of hydrogen-bond donors (Lipinski definition) is 2. The Balaban J connectivity index is 2.62. The van der Waals surface area contributed by atoms with Crippen molar-refractivity contribution in [3.63, 3.8) is 0 Å². The van der Waals surface area contributed by atoms with Crippen LogP contribution in [0.2, 0.25) is 0 Å². The number of carbonyl (C=O) groups is 1. The topological polar surface area (TPSA) is 66.0 Å². The minimum Gasteiger partial charge on any atom is -0.382 e. The standard InChI is InChI=1S/C18H30N4O2/c1-5-24-13-9-12-19-18(20-14-17(23)22(3)4)21-15(2)16-10-7-6-8-11-16/h6-8,10-11,15H,5,9,12-14H2,1-4H3,(H2,19,20,21). The summed E-state index contributed by atoms with van der Waals surface area (Å²) in [6, 6.07) is 10.2. The Hall–Kier alpha value is -2.08. The molecule has 0 spiro atoms. The van der Waals surface area contributed by atoms with Crippen molar-refractivity contribution >= 4 is 11.9 Å². The lowest BCUT2D eigenvalue weighted by Gasteiger charge is -2.19. The molecule has 0 heterocycles. The molecule has 0 saturated heterocycles. The van der Waals surface area contributed by atoms with Gasteiger partial charge in [-0.1, -0.05) is 30.3 Å². The van der Waals surface area contributed by atoms with E-state index in [0.29, 0.717) is 12.6 Å². The molecule has 0 aliphatic heterocycles. The van der Waals surface area contributed by atoms with Crippen LogP contribution in [0, 0.1) is 0 Å². The molecule has 1 atom stereocenters. The normalized spacial score (nSPS) is 12.6. The first-order chi connectivity index (χ1) is 11.5. The summed E-state index contributed by atoms with van der Waals surface area (Å²) in [5.74, 6) is 0.607. The fourth-order valence-electron chi connectivity index (χ4n) is 2.00. The van der Waals surface area contributed by atoms with Gasteiger partial charge in [-0.25, -0.2) is 4.99 Å². The Labute approximate surface area is 145 Å². The van der Waals surface area contributed by atoms with Gasteiger partial charge in [0.2, 0.25) is 5.91 Å². The summed E-state index contributed by atoms with van der Waals surface area (Å²) in [5, 5.41) is 6.61. The van der Waals surface area contributed by atoms with E-state index >= 15 is 0 Å². The van der Waals surface area contributed by atoms with Crippen LogP contribution >= 0.6 is 0 Å². The summed E-state index contributed by atoms with van der Waals surface area (Å²) in [6.45, 7) is 6.35. The minimum absolute atomic E-state index is 0.0298. The molecule has 6 nitrogen and oxygen atoms in total. The highest BCUT2D eigenvalue weighted by molar-refractivity contribution is 5.85. The van der Waals surface area contributed by atoms with Crippen LogP contribution in [0.4, 0.5) is 0 Å². The number of hydrogen-bond acceptors (Lipinski definition) is 3. The molecule has 0 saturated carbocycles. The van der Waals surface area contributed by atoms with Gasteiger partial charge in [-0.05, 0) is 25.8 Å². The van der Waals surface area contributed by atoms with Crippen LogP contribution < -0.4 is 10.6 Å². The van der Waals surface area contributed by atoms with Crippen molar-refractivity contribution in [2.24, 2.45) is 4.99 Å². The van der Waals surface area contributed by atoms with Crippen LogP contribution in [-0.2, 0) is 9.53 Å². The van der Waals surface area contributed by atoms with E-state index < -0.39 is 0 Å². The van der Waals surface area contributed by atoms with E-state index in [1.54, 1.807) is 14.1 Å². The van der Waals surface area contributed by atoms with E-state index in [2.05, 4.69) is 34.7 Å². The Morgan fingerprint density at radius 3 is 2.62 bits per heavy atom.